The summed E-state index contributed by atoms with van der Waals surface area (Å²) in [6.07, 6.45) is 4.72. The number of nitrogens with zero attached hydrogens (tertiary/aromatic N) is 2. The number of benzene rings is 1. The Morgan fingerprint density at radius 2 is 1.88 bits per heavy atom. The van der Waals surface area contributed by atoms with E-state index >= 15 is 0 Å². The van der Waals surface area contributed by atoms with Gasteiger partial charge in [-0.2, -0.15) is 0 Å². The summed E-state index contributed by atoms with van der Waals surface area (Å²) >= 11 is 3.43. The number of rotatable bonds is 5. The Hall–Kier alpha value is -1.40. The van der Waals surface area contributed by atoms with E-state index < -0.39 is 0 Å². The normalized spacial score (nSPS) is 20.2. The summed E-state index contributed by atoms with van der Waals surface area (Å²) in [5, 5.41) is 3.02. The standard InChI is InChI=1S/C20H28BrN3O2/c1-2-22-19(25)18(15-6-3-4-7-15)23-10-12-24(13-11-23)20(26)16-8-5-9-17(21)14-16/h5,8-9,14-15,18H,2-4,6-7,10-13H2,1H3,(H,22,25). The zero-order chi connectivity index (χ0) is 18.5. The summed E-state index contributed by atoms with van der Waals surface area (Å²) in [6, 6.07) is 7.49. The van der Waals surface area contributed by atoms with Gasteiger partial charge in [-0.15, -0.1) is 0 Å². The molecule has 1 aromatic carbocycles. The number of nitrogens with one attached hydrogen (secondary N) is 1. The van der Waals surface area contributed by atoms with Gasteiger partial charge in [0.2, 0.25) is 5.91 Å². The number of hydrogen-bond acceptors (Lipinski definition) is 3. The van der Waals surface area contributed by atoms with Crippen LogP contribution >= 0.6 is 15.9 Å². The molecule has 1 unspecified atom stereocenters. The zero-order valence-corrected chi connectivity index (χ0v) is 17.0. The van der Waals surface area contributed by atoms with Crippen molar-refractivity contribution >= 4 is 27.7 Å². The van der Waals surface area contributed by atoms with Crippen LogP contribution in [0, 0.1) is 5.92 Å². The fourth-order valence-electron chi connectivity index (χ4n) is 4.24. The van der Waals surface area contributed by atoms with E-state index in [-0.39, 0.29) is 17.9 Å². The van der Waals surface area contributed by atoms with Crippen molar-refractivity contribution in [2.24, 2.45) is 5.92 Å². The summed E-state index contributed by atoms with van der Waals surface area (Å²) < 4.78 is 0.916. The largest absolute Gasteiger partial charge is 0.355 e. The third-order valence-corrected chi connectivity index (χ3v) is 6.03. The third-order valence-electron chi connectivity index (χ3n) is 5.53. The Balaban J connectivity index is 1.63. The lowest BCUT2D eigenvalue weighted by Gasteiger charge is -2.40. The maximum Gasteiger partial charge on any atom is 0.253 e. The van der Waals surface area contributed by atoms with Gasteiger partial charge in [0.05, 0.1) is 6.04 Å². The van der Waals surface area contributed by atoms with Crippen molar-refractivity contribution < 1.29 is 9.59 Å². The van der Waals surface area contributed by atoms with Crippen LogP contribution < -0.4 is 5.32 Å². The van der Waals surface area contributed by atoms with Crippen LogP contribution in [0.2, 0.25) is 0 Å². The van der Waals surface area contributed by atoms with Gasteiger partial charge in [-0.25, -0.2) is 0 Å². The number of likely N-dealkylation sites (N-methyl/N-ethyl adjacent to an activating group) is 1. The number of piperazine rings is 1. The Morgan fingerprint density at radius 1 is 1.19 bits per heavy atom. The highest BCUT2D eigenvalue weighted by Gasteiger charge is 2.37. The van der Waals surface area contributed by atoms with Gasteiger partial charge in [-0.05, 0) is 43.9 Å². The van der Waals surface area contributed by atoms with Crippen molar-refractivity contribution in [3.63, 3.8) is 0 Å². The molecule has 1 aromatic rings. The van der Waals surface area contributed by atoms with Crippen LogP contribution in [0.3, 0.4) is 0 Å². The van der Waals surface area contributed by atoms with Gasteiger partial charge in [-0.3, -0.25) is 14.5 Å². The van der Waals surface area contributed by atoms with Gasteiger partial charge >= 0.3 is 0 Å². The molecule has 1 aliphatic carbocycles. The second kappa shape index (κ2) is 9.00. The second-order valence-electron chi connectivity index (χ2n) is 7.22. The molecule has 2 aliphatic rings. The Bertz CT molecular complexity index is 638. The van der Waals surface area contributed by atoms with Crippen molar-refractivity contribution in [3.8, 4) is 0 Å². The Labute approximate surface area is 164 Å². The number of halogens is 1. The number of amides is 2. The van der Waals surface area contributed by atoms with Crippen LogP contribution in [0.5, 0.6) is 0 Å². The molecule has 1 atom stereocenters. The molecule has 2 fully saturated rings. The van der Waals surface area contributed by atoms with Crippen LogP contribution in [-0.4, -0.2) is 60.4 Å². The Morgan fingerprint density at radius 3 is 2.50 bits per heavy atom. The minimum absolute atomic E-state index is 0.0411. The van der Waals surface area contributed by atoms with Gasteiger partial charge in [-0.1, -0.05) is 34.8 Å². The fraction of sp³-hybridized carbons (Fsp3) is 0.600. The molecule has 0 spiro atoms. The first-order chi connectivity index (χ1) is 12.6. The third kappa shape index (κ3) is 4.46. The summed E-state index contributed by atoms with van der Waals surface area (Å²) in [6.45, 7) is 5.51. The molecule has 142 valence electrons. The van der Waals surface area contributed by atoms with E-state index in [4.69, 9.17) is 0 Å². The van der Waals surface area contributed by atoms with E-state index in [0.29, 0.717) is 31.1 Å². The molecule has 26 heavy (non-hydrogen) atoms. The predicted molar refractivity (Wildman–Crippen MR) is 106 cm³/mol. The van der Waals surface area contributed by atoms with Crippen molar-refractivity contribution in [1.29, 1.82) is 0 Å². The van der Waals surface area contributed by atoms with E-state index in [1.54, 1.807) is 0 Å². The highest BCUT2D eigenvalue weighted by Crippen LogP contribution is 2.31. The fourth-order valence-corrected chi connectivity index (χ4v) is 4.64. The average molecular weight is 422 g/mol. The van der Waals surface area contributed by atoms with Gasteiger partial charge in [0.25, 0.3) is 5.91 Å². The summed E-state index contributed by atoms with van der Waals surface area (Å²) in [5.74, 6) is 0.682. The maximum atomic E-state index is 12.7. The first-order valence-electron chi connectivity index (χ1n) is 9.66. The van der Waals surface area contributed by atoms with E-state index in [2.05, 4.69) is 26.1 Å². The molecule has 3 rings (SSSR count). The second-order valence-corrected chi connectivity index (χ2v) is 8.14. The number of carbonyl (C=O) groups is 2. The van der Waals surface area contributed by atoms with Crippen LogP contribution in [0.1, 0.15) is 43.0 Å². The van der Waals surface area contributed by atoms with Crippen molar-refractivity contribution in [2.75, 3.05) is 32.7 Å². The first kappa shape index (κ1) is 19.4. The lowest BCUT2D eigenvalue weighted by molar-refractivity contribution is -0.129. The van der Waals surface area contributed by atoms with Gasteiger partial charge < -0.3 is 10.2 Å². The van der Waals surface area contributed by atoms with Crippen LogP contribution in [0.25, 0.3) is 0 Å². The molecule has 1 N–H and O–H groups in total. The molecule has 2 amide bonds. The van der Waals surface area contributed by atoms with Crippen molar-refractivity contribution in [3.05, 3.63) is 34.3 Å². The maximum absolute atomic E-state index is 12.7. The Kier molecular flexibility index (Phi) is 6.70. The van der Waals surface area contributed by atoms with Gasteiger partial charge in [0, 0.05) is 42.8 Å². The summed E-state index contributed by atoms with van der Waals surface area (Å²) in [5.41, 5.74) is 0.712. The molecule has 6 heteroatoms. The van der Waals surface area contributed by atoms with E-state index in [1.807, 2.05) is 36.1 Å². The summed E-state index contributed by atoms with van der Waals surface area (Å²) in [4.78, 5) is 29.6. The lowest BCUT2D eigenvalue weighted by atomic mass is 9.95. The minimum atomic E-state index is -0.0411. The van der Waals surface area contributed by atoms with E-state index in [0.717, 1.165) is 30.4 Å². The van der Waals surface area contributed by atoms with Crippen LogP contribution in [0.4, 0.5) is 0 Å². The quantitative estimate of drug-likeness (QED) is 0.794. The molecule has 5 nitrogen and oxygen atoms in total. The first-order valence-corrected chi connectivity index (χ1v) is 10.5. The van der Waals surface area contributed by atoms with Gasteiger partial charge in [0.1, 0.15) is 0 Å². The highest BCUT2D eigenvalue weighted by atomic mass is 79.9. The molecular formula is C20H28BrN3O2. The SMILES string of the molecule is CCNC(=O)C(C1CCCC1)N1CCN(C(=O)c2cccc(Br)c2)CC1. The van der Waals surface area contributed by atoms with E-state index in [9.17, 15) is 9.59 Å². The molecule has 0 aromatic heterocycles. The molecule has 1 aliphatic heterocycles. The molecule has 1 saturated carbocycles. The predicted octanol–water partition coefficient (Wildman–Crippen LogP) is 2.90. The monoisotopic (exact) mass is 421 g/mol. The molecule has 1 heterocycles. The molecule has 1 saturated heterocycles. The molecular weight excluding hydrogens is 394 g/mol. The van der Waals surface area contributed by atoms with Crippen molar-refractivity contribution in [1.82, 2.24) is 15.1 Å². The topological polar surface area (TPSA) is 52.7 Å². The molecule has 0 radical (unpaired) electrons. The smallest absolute Gasteiger partial charge is 0.253 e. The van der Waals surface area contributed by atoms with Crippen LogP contribution in [0.15, 0.2) is 28.7 Å². The number of hydrogen-bond donors (Lipinski definition) is 1. The highest BCUT2D eigenvalue weighted by molar-refractivity contribution is 9.10. The average Bonchev–Trinajstić information content (AvgIpc) is 3.16. The zero-order valence-electron chi connectivity index (χ0n) is 15.4. The van der Waals surface area contributed by atoms with Crippen LogP contribution in [-0.2, 0) is 4.79 Å². The van der Waals surface area contributed by atoms with Gasteiger partial charge in [0.15, 0.2) is 0 Å². The molecule has 0 bridgehead atoms. The summed E-state index contributed by atoms with van der Waals surface area (Å²) in [7, 11) is 0. The lowest BCUT2D eigenvalue weighted by Crippen LogP contribution is -2.58. The van der Waals surface area contributed by atoms with E-state index in [1.165, 1.54) is 12.8 Å². The minimum Gasteiger partial charge on any atom is -0.355 e. The van der Waals surface area contributed by atoms with Crippen molar-refractivity contribution in [2.45, 2.75) is 38.6 Å². The number of carbonyl (C=O) groups excluding carboxylic acids is 2.